The summed E-state index contributed by atoms with van der Waals surface area (Å²) in [5, 5.41) is 7.69. The monoisotopic (exact) mass is 398 g/mol. The van der Waals surface area contributed by atoms with Crippen molar-refractivity contribution in [1.82, 2.24) is 19.9 Å². The predicted octanol–water partition coefficient (Wildman–Crippen LogP) is 1.11. The molecule has 1 aliphatic heterocycles. The smallest absolute Gasteiger partial charge is 0.411 e. The number of ether oxygens (including phenoxy) is 2. The van der Waals surface area contributed by atoms with E-state index >= 15 is 0 Å². The van der Waals surface area contributed by atoms with Gasteiger partial charge in [0.05, 0.1) is 13.2 Å². The zero-order valence-corrected chi connectivity index (χ0v) is 16.9. The second-order valence-corrected chi connectivity index (χ2v) is 6.29. The normalized spacial score (nSPS) is 20.8. The van der Waals surface area contributed by atoms with Gasteiger partial charge in [-0.25, -0.2) is 9.59 Å². The van der Waals surface area contributed by atoms with Gasteiger partial charge in [-0.2, -0.15) is 0 Å². The third kappa shape index (κ3) is 4.73. The van der Waals surface area contributed by atoms with Crippen LogP contribution in [0.5, 0.6) is 0 Å². The molecule has 2 heterocycles. The average molecular weight is 398 g/mol. The van der Waals surface area contributed by atoms with Crippen molar-refractivity contribution >= 4 is 12.1 Å². The third-order valence-electron chi connectivity index (χ3n) is 3.42. The first-order valence-corrected chi connectivity index (χ1v) is 7.10. The number of carbonyl (C=O) groups excluding carboxylic acids is 2. The zero-order chi connectivity index (χ0) is 16.5. The Hall–Kier alpha value is -1.02. The van der Waals surface area contributed by atoms with Gasteiger partial charge in [-0.15, -0.1) is 10.9 Å². The van der Waals surface area contributed by atoms with Crippen LogP contribution in [0.2, 0.25) is 0 Å². The van der Waals surface area contributed by atoms with Gasteiger partial charge >= 0.3 is 12.1 Å². The van der Waals surface area contributed by atoms with Crippen molar-refractivity contribution < 1.29 is 51.8 Å². The van der Waals surface area contributed by atoms with E-state index in [1.54, 1.807) is 25.5 Å². The third-order valence-corrected chi connectivity index (χ3v) is 3.42. The largest absolute Gasteiger partial charge is 0.467 e. The molecule has 1 aromatic heterocycles. The summed E-state index contributed by atoms with van der Waals surface area (Å²) in [6, 6.07) is -0.844. The summed E-state index contributed by atoms with van der Waals surface area (Å²) in [5.74, 6) is -0.463. The molecule has 1 saturated heterocycles. The van der Waals surface area contributed by atoms with E-state index in [4.69, 9.17) is 9.47 Å². The van der Waals surface area contributed by atoms with Gasteiger partial charge in [0.2, 0.25) is 0 Å². The number of rotatable bonds is 2. The van der Waals surface area contributed by atoms with Gasteiger partial charge in [-0.1, -0.05) is 6.92 Å². The molecule has 0 saturated carbocycles. The van der Waals surface area contributed by atoms with Crippen LogP contribution in [-0.4, -0.2) is 57.3 Å². The molecule has 1 aliphatic rings. The SMILES string of the molecule is COC(=O)[C@@H]1C[C@@H](n2nn[c-]c2C)CN1C(=O)OC(C)(C)C.[Y]. The van der Waals surface area contributed by atoms with E-state index in [1.165, 1.54) is 12.0 Å². The fourth-order valence-electron chi connectivity index (χ4n) is 2.48. The van der Waals surface area contributed by atoms with Crippen LogP contribution < -0.4 is 0 Å². The fraction of sp³-hybridized carbons (Fsp3) is 0.714. The Labute approximate surface area is 160 Å². The molecule has 2 rings (SSSR count). The first kappa shape index (κ1) is 20.0. The van der Waals surface area contributed by atoms with Crippen molar-refractivity contribution in [1.29, 1.82) is 0 Å². The number of aryl methyl sites for hydroxylation is 1. The molecule has 1 radical (unpaired) electrons. The number of hydrogen-bond donors (Lipinski definition) is 0. The summed E-state index contributed by atoms with van der Waals surface area (Å²) in [6.07, 6.45) is 2.61. The molecule has 8 nitrogen and oxygen atoms in total. The first-order chi connectivity index (χ1) is 10.2. The quantitative estimate of drug-likeness (QED) is 0.548. The Balaban J connectivity index is 0.00000264. The molecule has 125 valence electrons. The molecule has 23 heavy (non-hydrogen) atoms. The Bertz CT molecular complexity index is 569. The summed E-state index contributed by atoms with van der Waals surface area (Å²) in [5.41, 5.74) is 0.118. The van der Waals surface area contributed by atoms with Crippen LogP contribution in [0.25, 0.3) is 0 Å². The minimum Gasteiger partial charge on any atom is -0.467 e. The molecule has 2 atom stereocenters. The molecular weight excluding hydrogens is 377 g/mol. The standard InChI is InChI=1S/C14H21N4O4.Y/c1-9-7-15-16-18(9)10-6-11(12(19)21-5)17(8-10)13(20)22-14(2,3)4;/h10-11H,6,8H2,1-5H3;/q-1;/t10-,11+;/m1./s1. The molecular formula is C14H21N4O4Y-. The van der Waals surface area contributed by atoms with Crippen LogP contribution in [0, 0.1) is 13.1 Å². The van der Waals surface area contributed by atoms with Crippen LogP contribution in [0.15, 0.2) is 0 Å². The van der Waals surface area contributed by atoms with Crippen molar-refractivity contribution in [3.8, 4) is 0 Å². The molecule has 0 N–H and O–H groups in total. The number of methoxy groups -OCH3 is 1. The van der Waals surface area contributed by atoms with Crippen LogP contribution in [-0.2, 0) is 47.0 Å². The number of hydrogen-bond acceptors (Lipinski definition) is 6. The van der Waals surface area contributed by atoms with Gasteiger partial charge in [0.15, 0.2) is 0 Å². The molecule has 1 amide bonds. The number of carbonyl (C=O) groups is 2. The van der Waals surface area contributed by atoms with E-state index in [0.717, 1.165) is 5.69 Å². The van der Waals surface area contributed by atoms with E-state index in [-0.39, 0.29) is 38.8 Å². The summed E-state index contributed by atoms with van der Waals surface area (Å²) >= 11 is 0. The van der Waals surface area contributed by atoms with Crippen molar-refractivity contribution in [2.45, 2.75) is 51.8 Å². The average Bonchev–Trinajstić information content (AvgIpc) is 3.01. The molecule has 0 bridgehead atoms. The Morgan fingerprint density at radius 3 is 2.48 bits per heavy atom. The van der Waals surface area contributed by atoms with Gasteiger partial charge in [0.1, 0.15) is 11.6 Å². The maximum Gasteiger partial charge on any atom is 0.411 e. The second kappa shape index (κ2) is 7.70. The van der Waals surface area contributed by atoms with Gasteiger partial charge < -0.3 is 20.8 Å². The summed E-state index contributed by atoms with van der Waals surface area (Å²) in [4.78, 5) is 25.7. The topological polar surface area (TPSA) is 86.6 Å². The van der Waals surface area contributed by atoms with Crippen LogP contribution in [0.1, 0.15) is 38.9 Å². The fourth-order valence-corrected chi connectivity index (χ4v) is 2.48. The molecule has 0 aliphatic carbocycles. The van der Waals surface area contributed by atoms with E-state index in [0.29, 0.717) is 13.0 Å². The van der Waals surface area contributed by atoms with E-state index in [9.17, 15) is 9.59 Å². The first-order valence-electron chi connectivity index (χ1n) is 7.10. The number of likely N-dealkylation sites (tertiary alicyclic amines) is 1. The number of amides is 1. The van der Waals surface area contributed by atoms with Gasteiger partial charge in [0, 0.05) is 45.7 Å². The summed E-state index contributed by atoms with van der Waals surface area (Å²) in [6.45, 7) is 7.47. The van der Waals surface area contributed by atoms with Gasteiger partial charge in [-0.05, 0) is 20.8 Å². The van der Waals surface area contributed by atoms with E-state index in [2.05, 4.69) is 16.5 Å². The number of aromatic nitrogens is 3. The van der Waals surface area contributed by atoms with Crippen molar-refractivity contribution in [2.24, 2.45) is 0 Å². The second-order valence-electron chi connectivity index (χ2n) is 6.29. The molecule has 1 fully saturated rings. The van der Waals surface area contributed by atoms with Crippen molar-refractivity contribution in [3.05, 3.63) is 11.9 Å². The predicted molar refractivity (Wildman–Crippen MR) is 76.0 cm³/mol. The maximum absolute atomic E-state index is 12.3. The Morgan fingerprint density at radius 1 is 1.35 bits per heavy atom. The summed E-state index contributed by atoms with van der Waals surface area (Å²) in [7, 11) is 1.30. The molecule has 0 aromatic carbocycles. The Morgan fingerprint density at radius 2 is 2.00 bits per heavy atom. The molecule has 1 aromatic rings. The van der Waals surface area contributed by atoms with E-state index in [1.807, 2.05) is 6.92 Å². The van der Waals surface area contributed by atoms with Gasteiger partial charge in [0.25, 0.3) is 0 Å². The maximum atomic E-state index is 12.3. The minimum atomic E-state index is -0.687. The molecule has 0 unspecified atom stereocenters. The van der Waals surface area contributed by atoms with Crippen molar-refractivity contribution in [2.75, 3.05) is 13.7 Å². The Kier molecular flexibility index (Phi) is 6.71. The number of nitrogens with zero attached hydrogens (tertiary/aromatic N) is 4. The molecule has 9 heteroatoms. The van der Waals surface area contributed by atoms with Crippen molar-refractivity contribution in [3.63, 3.8) is 0 Å². The van der Waals surface area contributed by atoms with Gasteiger partial charge in [-0.3, -0.25) is 9.58 Å². The van der Waals surface area contributed by atoms with E-state index < -0.39 is 23.7 Å². The van der Waals surface area contributed by atoms with Crippen LogP contribution in [0.4, 0.5) is 4.79 Å². The van der Waals surface area contributed by atoms with Crippen LogP contribution >= 0.6 is 0 Å². The molecule has 0 spiro atoms. The minimum absolute atomic E-state index is 0. The zero-order valence-electron chi connectivity index (χ0n) is 14.1. The number of esters is 1. The van der Waals surface area contributed by atoms with Crippen LogP contribution in [0.3, 0.4) is 0 Å². The summed E-state index contributed by atoms with van der Waals surface area (Å²) < 4.78 is 11.8.